The van der Waals surface area contributed by atoms with E-state index in [9.17, 15) is 0 Å². The number of ether oxygens (including phenoxy) is 2. The number of benzene rings is 1. The Kier molecular flexibility index (Phi) is 5.45. The van der Waals surface area contributed by atoms with Gasteiger partial charge in [0, 0.05) is 31.7 Å². The van der Waals surface area contributed by atoms with Gasteiger partial charge in [-0.25, -0.2) is 0 Å². The van der Waals surface area contributed by atoms with E-state index in [-0.39, 0.29) is 6.04 Å². The van der Waals surface area contributed by atoms with Crippen LogP contribution in [0, 0.1) is 0 Å². The lowest BCUT2D eigenvalue weighted by molar-refractivity contribution is 0.104. The third-order valence-corrected chi connectivity index (χ3v) is 4.34. The second-order valence-electron chi connectivity index (χ2n) is 5.82. The molecule has 2 unspecified atom stereocenters. The summed E-state index contributed by atoms with van der Waals surface area (Å²) < 4.78 is 10.9. The van der Waals surface area contributed by atoms with Gasteiger partial charge in [-0.2, -0.15) is 0 Å². The van der Waals surface area contributed by atoms with Crippen LogP contribution in [0.2, 0.25) is 0 Å². The Hall–Kier alpha value is -1.30. The highest BCUT2D eigenvalue weighted by atomic mass is 16.5. The van der Waals surface area contributed by atoms with E-state index >= 15 is 0 Å². The van der Waals surface area contributed by atoms with Gasteiger partial charge in [0.05, 0.1) is 19.8 Å². The van der Waals surface area contributed by atoms with Gasteiger partial charge in [0.25, 0.3) is 0 Å². The van der Waals surface area contributed by atoms with E-state index in [1.54, 1.807) is 14.2 Å². The van der Waals surface area contributed by atoms with Crippen LogP contribution in [0.4, 0.5) is 0 Å². The topological polar surface area (TPSA) is 51.0 Å². The van der Waals surface area contributed by atoms with E-state index in [2.05, 4.69) is 23.9 Å². The van der Waals surface area contributed by atoms with Crippen LogP contribution in [-0.2, 0) is 0 Å². The van der Waals surface area contributed by atoms with Crippen LogP contribution in [0.5, 0.6) is 11.5 Å². The van der Waals surface area contributed by atoms with Crippen molar-refractivity contribution in [2.24, 2.45) is 5.73 Å². The fourth-order valence-electron chi connectivity index (χ4n) is 3.01. The predicted molar refractivity (Wildman–Crippen MR) is 85.0 cm³/mol. The number of nitrogens with two attached hydrogens (primary N) is 1. The number of likely N-dealkylation sites (N-methyl/N-ethyl adjacent to an activating group) is 2. The molecule has 2 rings (SSSR count). The number of hydrogen-bond donors (Lipinski definition) is 1. The highest BCUT2D eigenvalue weighted by Gasteiger charge is 2.27. The molecule has 0 aromatic heterocycles. The molecule has 1 heterocycles. The van der Waals surface area contributed by atoms with Crippen molar-refractivity contribution >= 4 is 0 Å². The highest BCUT2D eigenvalue weighted by Crippen LogP contribution is 2.35. The van der Waals surface area contributed by atoms with Crippen LogP contribution >= 0.6 is 0 Å². The molecule has 1 fully saturated rings. The summed E-state index contributed by atoms with van der Waals surface area (Å²) in [5, 5.41) is 0. The molecular formula is C16H27N3O2. The molecule has 0 amide bonds. The SMILES string of the molecule is COc1cccc(OC)c1C(N)CC1CN(C)CCN1C. The Bertz CT molecular complexity index is 445. The summed E-state index contributed by atoms with van der Waals surface area (Å²) in [6.07, 6.45) is 0.886. The molecule has 2 atom stereocenters. The Balaban J connectivity index is 2.17. The molecule has 0 aliphatic carbocycles. The van der Waals surface area contributed by atoms with Gasteiger partial charge in [-0.05, 0) is 32.6 Å². The minimum Gasteiger partial charge on any atom is -0.496 e. The first-order valence-electron chi connectivity index (χ1n) is 7.42. The summed E-state index contributed by atoms with van der Waals surface area (Å²) >= 11 is 0. The van der Waals surface area contributed by atoms with Crippen LogP contribution < -0.4 is 15.2 Å². The molecule has 1 aromatic rings. The first kappa shape index (κ1) is 16.1. The Morgan fingerprint density at radius 1 is 1.19 bits per heavy atom. The van der Waals surface area contributed by atoms with Gasteiger partial charge in [0.1, 0.15) is 11.5 Å². The Morgan fingerprint density at radius 2 is 1.81 bits per heavy atom. The van der Waals surface area contributed by atoms with E-state index in [1.807, 2.05) is 18.2 Å². The molecule has 1 aliphatic heterocycles. The maximum atomic E-state index is 6.48. The summed E-state index contributed by atoms with van der Waals surface area (Å²) in [6.45, 7) is 3.23. The van der Waals surface area contributed by atoms with Crippen molar-refractivity contribution in [3.05, 3.63) is 23.8 Å². The molecule has 0 saturated carbocycles. The summed E-state index contributed by atoms with van der Waals surface area (Å²) in [5.41, 5.74) is 7.44. The molecule has 1 aliphatic rings. The zero-order valence-corrected chi connectivity index (χ0v) is 13.5. The fourth-order valence-corrected chi connectivity index (χ4v) is 3.01. The lowest BCUT2D eigenvalue weighted by Gasteiger charge is -2.39. The monoisotopic (exact) mass is 293 g/mol. The number of rotatable bonds is 5. The van der Waals surface area contributed by atoms with Crippen molar-refractivity contribution in [2.45, 2.75) is 18.5 Å². The van der Waals surface area contributed by atoms with Crippen LogP contribution in [-0.4, -0.2) is 63.8 Å². The average Bonchev–Trinajstić information content (AvgIpc) is 2.49. The van der Waals surface area contributed by atoms with Gasteiger partial charge in [0.15, 0.2) is 0 Å². The van der Waals surface area contributed by atoms with Gasteiger partial charge >= 0.3 is 0 Å². The van der Waals surface area contributed by atoms with Gasteiger partial charge in [-0.3, -0.25) is 0 Å². The van der Waals surface area contributed by atoms with Crippen molar-refractivity contribution in [1.82, 2.24) is 9.80 Å². The molecule has 1 aromatic carbocycles. The van der Waals surface area contributed by atoms with Gasteiger partial charge in [-0.1, -0.05) is 6.07 Å². The van der Waals surface area contributed by atoms with Crippen LogP contribution in [0.1, 0.15) is 18.0 Å². The maximum Gasteiger partial charge on any atom is 0.127 e. The zero-order chi connectivity index (χ0) is 15.4. The first-order valence-corrected chi connectivity index (χ1v) is 7.42. The molecule has 0 radical (unpaired) electrons. The molecule has 118 valence electrons. The molecule has 1 saturated heterocycles. The average molecular weight is 293 g/mol. The second kappa shape index (κ2) is 7.11. The molecule has 2 N–H and O–H groups in total. The maximum absolute atomic E-state index is 6.48. The second-order valence-corrected chi connectivity index (χ2v) is 5.82. The van der Waals surface area contributed by atoms with E-state index in [4.69, 9.17) is 15.2 Å². The first-order chi connectivity index (χ1) is 10.1. The standard InChI is InChI=1S/C16H27N3O2/c1-18-8-9-19(2)12(11-18)10-13(17)16-14(20-3)6-5-7-15(16)21-4/h5-7,12-13H,8-11,17H2,1-4H3. The Morgan fingerprint density at radius 3 is 2.38 bits per heavy atom. The highest BCUT2D eigenvalue weighted by molar-refractivity contribution is 5.46. The van der Waals surface area contributed by atoms with E-state index in [1.165, 1.54) is 0 Å². The number of piperazine rings is 1. The van der Waals surface area contributed by atoms with Gasteiger partial charge in [-0.15, -0.1) is 0 Å². The number of hydrogen-bond acceptors (Lipinski definition) is 5. The smallest absolute Gasteiger partial charge is 0.127 e. The minimum atomic E-state index is -0.102. The third-order valence-electron chi connectivity index (χ3n) is 4.34. The predicted octanol–water partition coefficient (Wildman–Crippen LogP) is 1.34. The van der Waals surface area contributed by atoms with Gasteiger partial charge in [0.2, 0.25) is 0 Å². The molecule has 21 heavy (non-hydrogen) atoms. The minimum absolute atomic E-state index is 0.102. The van der Waals surface area contributed by atoms with Crippen molar-refractivity contribution in [1.29, 1.82) is 0 Å². The largest absolute Gasteiger partial charge is 0.496 e. The summed E-state index contributed by atoms with van der Waals surface area (Å²) in [5.74, 6) is 1.60. The van der Waals surface area contributed by atoms with Crippen LogP contribution in [0.25, 0.3) is 0 Å². The lowest BCUT2D eigenvalue weighted by atomic mass is 9.96. The van der Waals surface area contributed by atoms with Crippen molar-refractivity contribution < 1.29 is 9.47 Å². The number of methoxy groups -OCH3 is 2. The summed E-state index contributed by atoms with van der Waals surface area (Å²) in [4.78, 5) is 4.75. The van der Waals surface area contributed by atoms with E-state index in [0.29, 0.717) is 6.04 Å². The van der Waals surface area contributed by atoms with E-state index < -0.39 is 0 Å². The zero-order valence-electron chi connectivity index (χ0n) is 13.5. The fraction of sp³-hybridized carbons (Fsp3) is 0.625. The Labute approximate surface area is 127 Å². The molecule has 0 spiro atoms. The van der Waals surface area contributed by atoms with Crippen molar-refractivity contribution in [3.63, 3.8) is 0 Å². The van der Waals surface area contributed by atoms with Gasteiger partial charge < -0.3 is 25.0 Å². The molecule has 0 bridgehead atoms. The lowest BCUT2D eigenvalue weighted by Crippen LogP contribution is -2.50. The summed E-state index contributed by atoms with van der Waals surface area (Å²) in [7, 11) is 7.68. The number of nitrogens with zero attached hydrogens (tertiary/aromatic N) is 2. The molecular weight excluding hydrogens is 266 g/mol. The normalized spacial score (nSPS) is 22.0. The third kappa shape index (κ3) is 3.67. The molecule has 5 heteroatoms. The van der Waals surface area contributed by atoms with Crippen LogP contribution in [0.3, 0.4) is 0 Å². The quantitative estimate of drug-likeness (QED) is 0.888. The summed E-state index contributed by atoms with van der Waals surface area (Å²) in [6, 6.07) is 6.15. The molecule has 5 nitrogen and oxygen atoms in total. The van der Waals surface area contributed by atoms with Crippen molar-refractivity contribution in [2.75, 3.05) is 47.9 Å². The van der Waals surface area contributed by atoms with E-state index in [0.717, 1.165) is 43.1 Å². The van der Waals surface area contributed by atoms with Crippen molar-refractivity contribution in [3.8, 4) is 11.5 Å². The van der Waals surface area contributed by atoms with Crippen LogP contribution in [0.15, 0.2) is 18.2 Å².